The topological polar surface area (TPSA) is 83.9 Å². The highest BCUT2D eigenvalue weighted by molar-refractivity contribution is 7.86. The van der Waals surface area contributed by atoms with Crippen LogP contribution in [0.5, 0.6) is 0 Å². The summed E-state index contributed by atoms with van der Waals surface area (Å²) in [6.45, 7) is 6.13. The minimum Gasteiger partial charge on any atom is -0.465 e. The van der Waals surface area contributed by atoms with Gasteiger partial charge in [-0.1, -0.05) is 20.8 Å². The van der Waals surface area contributed by atoms with Crippen molar-refractivity contribution in [1.82, 2.24) is 4.90 Å². The van der Waals surface area contributed by atoms with Gasteiger partial charge in [-0.3, -0.25) is 4.18 Å². The third-order valence-electron chi connectivity index (χ3n) is 3.11. The van der Waals surface area contributed by atoms with E-state index < -0.39 is 22.3 Å². The van der Waals surface area contributed by atoms with E-state index in [4.69, 9.17) is 9.29 Å². The van der Waals surface area contributed by atoms with E-state index in [1.54, 1.807) is 0 Å². The van der Waals surface area contributed by atoms with Crippen LogP contribution in [0.2, 0.25) is 0 Å². The van der Waals surface area contributed by atoms with Crippen LogP contribution >= 0.6 is 0 Å². The van der Waals surface area contributed by atoms with Gasteiger partial charge >= 0.3 is 6.09 Å². The third kappa shape index (κ3) is 4.13. The lowest BCUT2D eigenvalue weighted by Crippen LogP contribution is -2.53. The van der Waals surface area contributed by atoms with Gasteiger partial charge in [0.1, 0.15) is 0 Å². The standard InChI is InChI=1S/C11H21NO5S/c1-11(2,3)9-7-8(17-18(4,15)16)5-6-12(9)10(13)14/h8-9H,5-7H2,1-4H3,(H,13,14). The van der Waals surface area contributed by atoms with Crippen molar-refractivity contribution < 1.29 is 22.5 Å². The zero-order valence-electron chi connectivity index (χ0n) is 11.2. The summed E-state index contributed by atoms with van der Waals surface area (Å²) in [6.07, 6.45) is 0.435. The fraction of sp³-hybridized carbons (Fsp3) is 0.909. The molecule has 0 aromatic heterocycles. The highest BCUT2D eigenvalue weighted by Crippen LogP contribution is 2.33. The van der Waals surface area contributed by atoms with Gasteiger partial charge in [0, 0.05) is 12.6 Å². The van der Waals surface area contributed by atoms with E-state index in [-0.39, 0.29) is 11.5 Å². The zero-order chi connectivity index (χ0) is 14.1. The summed E-state index contributed by atoms with van der Waals surface area (Å²) < 4.78 is 27.2. The van der Waals surface area contributed by atoms with Crippen molar-refractivity contribution in [3.8, 4) is 0 Å². The quantitative estimate of drug-likeness (QED) is 0.775. The number of carbonyl (C=O) groups is 1. The van der Waals surface area contributed by atoms with E-state index in [1.165, 1.54) is 4.90 Å². The first kappa shape index (κ1) is 15.2. The molecule has 1 aliphatic rings. The molecular weight excluding hydrogens is 258 g/mol. The van der Waals surface area contributed by atoms with Gasteiger partial charge in [0.25, 0.3) is 10.1 Å². The Labute approximate surface area is 108 Å². The average Bonchev–Trinajstić information content (AvgIpc) is 2.13. The Hall–Kier alpha value is -0.820. The van der Waals surface area contributed by atoms with Crippen molar-refractivity contribution in [2.75, 3.05) is 12.8 Å². The normalized spacial score (nSPS) is 26.1. The van der Waals surface area contributed by atoms with Gasteiger partial charge < -0.3 is 10.0 Å². The SMILES string of the molecule is CC(C)(C)C1CC(OS(C)(=O)=O)CCN1C(=O)O. The van der Waals surface area contributed by atoms with Gasteiger partial charge in [-0.25, -0.2) is 4.79 Å². The minimum atomic E-state index is -3.50. The number of carboxylic acid groups (broad SMARTS) is 1. The van der Waals surface area contributed by atoms with E-state index in [1.807, 2.05) is 20.8 Å². The molecule has 1 N–H and O–H groups in total. The summed E-state index contributed by atoms with van der Waals surface area (Å²) in [5, 5.41) is 9.16. The molecule has 1 rings (SSSR count). The number of piperidine rings is 1. The second-order valence-corrected chi connectivity index (χ2v) is 7.41. The molecule has 0 aromatic rings. The van der Waals surface area contributed by atoms with Gasteiger partial charge in [-0.05, 0) is 18.3 Å². The molecule has 1 aliphatic heterocycles. The van der Waals surface area contributed by atoms with Crippen LogP contribution in [0.4, 0.5) is 4.79 Å². The monoisotopic (exact) mass is 279 g/mol. The summed E-state index contributed by atoms with van der Waals surface area (Å²) in [5.41, 5.74) is -0.252. The number of hydrogen-bond donors (Lipinski definition) is 1. The van der Waals surface area contributed by atoms with Crippen molar-refractivity contribution in [2.24, 2.45) is 5.41 Å². The maximum atomic E-state index is 11.2. The molecule has 1 heterocycles. The first-order valence-electron chi connectivity index (χ1n) is 5.88. The third-order valence-corrected chi connectivity index (χ3v) is 3.73. The highest BCUT2D eigenvalue weighted by atomic mass is 32.2. The molecule has 7 heteroatoms. The molecule has 1 amide bonds. The Morgan fingerprint density at radius 2 is 1.94 bits per heavy atom. The van der Waals surface area contributed by atoms with Crippen LogP contribution in [-0.4, -0.2) is 49.5 Å². The van der Waals surface area contributed by atoms with Crippen molar-refractivity contribution in [2.45, 2.75) is 45.8 Å². The summed E-state index contributed by atoms with van der Waals surface area (Å²) in [7, 11) is -3.50. The van der Waals surface area contributed by atoms with Gasteiger partial charge in [0.15, 0.2) is 0 Å². The van der Waals surface area contributed by atoms with E-state index in [9.17, 15) is 13.2 Å². The number of rotatable bonds is 2. The lowest BCUT2D eigenvalue weighted by molar-refractivity contribution is 0.0155. The van der Waals surface area contributed by atoms with Gasteiger partial charge in [0.05, 0.1) is 12.4 Å². The number of nitrogens with zero attached hydrogens (tertiary/aromatic N) is 1. The van der Waals surface area contributed by atoms with Crippen molar-refractivity contribution in [3.05, 3.63) is 0 Å². The molecular formula is C11H21NO5S. The van der Waals surface area contributed by atoms with E-state index in [0.29, 0.717) is 19.4 Å². The Balaban J connectivity index is 2.83. The Bertz CT molecular complexity index is 412. The first-order chi connectivity index (χ1) is 8.00. The van der Waals surface area contributed by atoms with Gasteiger partial charge in [0.2, 0.25) is 0 Å². The Morgan fingerprint density at radius 3 is 2.33 bits per heavy atom. The molecule has 2 unspecified atom stereocenters. The van der Waals surface area contributed by atoms with Gasteiger partial charge in [-0.15, -0.1) is 0 Å². The maximum absolute atomic E-state index is 11.2. The minimum absolute atomic E-state index is 0.240. The van der Waals surface area contributed by atoms with E-state index in [0.717, 1.165) is 6.26 Å². The van der Waals surface area contributed by atoms with Crippen molar-refractivity contribution in [1.29, 1.82) is 0 Å². The fourth-order valence-corrected chi connectivity index (χ4v) is 2.99. The molecule has 2 atom stereocenters. The second-order valence-electron chi connectivity index (χ2n) is 5.80. The largest absolute Gasteiger partial charge is 0.465 e. The van der Waals surface area contributed by atoms with Crippen LogP contribution in [0, 0.1) is 5.41 Å². The van der Waals surface area contributed by atoms with Crippen LogP contribution in [-0.2, 0) is 14.3 Å². The van der Waals surface area contributed by atoms with Crippen LogP contribution in [0.15, 0.2) is 0 Å². The summed E-state index contributed by atoms with van der Waals surface area (Å²) in [4.78, 5) is 12.5. The predicted octanol–water partition coefficient (Wildman–Crippen LogP) is 1.52. The van der Waals surface area contributed by atoms with Crippen molar-refractivity contribution in [3.63, 3.8) is 0 Å². The summed E-state index contributed by atoms with van der Waals surface area (Å²) in [6, 6.07) is -0.240. The number of hydrogen-bond acceptors (Lipinski definition) is 4. The number of amides is 1. The molecule has 6 nitrogen and oxygen atoms in total. The molecule has 0 aliphatic carbocycles. The Kier molecular flexibility index (Phi) is 4.27. The molecule has 0 spiro atoms. The highest BCUT2D eigenvalue weighted by Gasteiger charge is 2.39. The molecule has 106 valence electrons. The van der Waals surface area contributed by atoms with Crippen LogP contribution in [0.3, 0.4) is 0 Å². The predicted molar refractivity (Wildman–Crippen MR) is 66.9 cm³/mol. The molecule has 1 saturated heterocycles. The van der Waals surface area contributed by atoms with Gasteiger partial charge in [-0.2, -0.15) is 8.42 Å². The molecule has 0 aromatic carbocycles. The van der Waals surface area contributed by atoms with Crippen LogP contribution in [0.1, 0.15) is 33.6 Å². The average molecular weight is 279 g/mol. The smallest absolute Gasteiger partial charge is 0.407 e. The van der Waals surface area contributed by atoms with Crippen LogP contribution in [0.25, 0.3) is 0 Å². The summed E-state index contributed by atoms with van der Waals surface area (Å²) in [5.74, 6) is 0. The maximum Gasteiger partial charge on any atom is 0.407 e. The fourth-order valence-electron chi connectivity index (χ4n) is 2.32. The van der Waals surface area contributed by atoms with E-state index in [2.05, 4.69) is 0 Å². The summed E-state index contributed by atoms with van der Waals surface area (Å²) >= 11 is 0. The lowest BCUT2D eigenvalue weighted by atomic mass is 9.80. The molecule has 1 fully saturated rings. The van der Waals surface area contributed by atoms with Crippen LogP contribution < -0.4 is 0 Å². The lowest BCUT2D eigenvalue weighted by Gasteiger charge is -2.44. The molecule has 0 saturated carbocycles. The van der Waals surface area contributed by atoms with Crippen molar-refractivity contribution >= 4 is 16.2 Å². The zero-order valence-corrected chi connectivity index (χ0v) is 12.0. The molecule has 18 heavy (non-hydrogen) atoms. The first-order valence-corrected chi connectivity index (χ1v) is 7.70. The number of likely N-dealkylation sites (tertiary alicyclic amines) is 1. The molecule has 0 radical (unpaired) electrons. The molecule has 0 bridgehead atoms. The van der Waals surface area contributed by atoms with E-state index >= 15 is 0 Å². The Morgan fingerprint density at radius 1 is 1.39 bits per heavy atom. The second kappa shape index (κ2) is 5.05.